The average molecular weight is 158 g/mol. The Morgan fingerprint density at radius 1 is 1.82 bits per heavy atom. The molecule has 11 heavy (non-hydrogen) atoms. The molecule has 1 aliphatic rings. The third-order valence-corrected chi connectivity index (χ3v) is 1.20. The van der Waals surface area contributed by atoms with Crippen molar-refractivity contribution in [2.75, 3.05) is 13.2 Å². The van der Waals surface area contributed by atoms with Gasteiger partial charge in [-0.05, 0) is 0 Å². The Bertz CT molecular complexity index is 155. The molecule has 0 spiro atoms. The molecule has 1 atom stereocenters. The normalized spacial score (nSPS) is 23.6. The van der Waals surface area contributed by atoms with E-state index in [9.17, 15) is 4.79 Å². The van der Waals surface area contributed by atoms with Crippen LogP contribution in [0.2, 0.25) is 0 Å². The highest BCUT2D eigenvalue weighted by Crippen LogP contribution is 2.08. The molecule has 4 nitrogen and oxygen atoms in total. The van der Waals surface area contributed by atoms with Crippen LogP contribution in [0.4, 0.5) is 4.79 Å². The standard InChI is InChI=1S/C7H10O4/c1-2-4-9-6-3-5-10-7(8)11-6/h2,6H,1,3-5H2. The zero-order chi connectivity index (χ0) is 8.10. The lowest BCUT2D eigenvalue weighted by atomic mass is 10.4. The number of hydrogen-bond donors (Lipinski definition) is 0. The van der Waals surface area contributed by atoms with Crippen LogP contribution in [-0.4, -0.2) is 25.7 Å². The summed E-state index contributed by atoms with van der Waals surface area (Å²) in [6, 6.07) is 0. The molecule has 0 saturated carbocycles. The highest BCUT2D eigenvalue weighted by molar-refractivity contribution is 5.60. The fourth-order valence-electron chi connectivity index (χ4n) is 0.731. The first-order chi connectivity index (χ1) is 5.33. The smallest absolute Gasteiger partial charge is 0.434 e. The zero-order valence-corrected chi connectivity index (χ0v) is 6.12. The van der Waals surface area contributed by atoms with Crippen LogP contribution in [0.3, 0.4) is 0 Å². The minimum atomic E-state index is -0.662. The Kier molecular flexibility index (Phi) is 2.92. The third kappa shape index (κ3) is 2.59. The van der Waals surface area contributed by atoms with Gasteiger partial charge >= 0.3 is 6.16 Å². The fourth-order valence-corrected chi connectivity index (χ4v) is 0.731. The summed E-state index contributed by atoms with van der Waals surface area (Å²) in [7, 11) is 0. The van der Waals surface area contributed by atoms with Crippen LogP contribution in [0.1, 0.15) is 6.42 Å². The van der Waals surface area contributed by atoms with E-state index in [0.29, 0.717) is 19.6 Å². The summed E-state index contributed by atoms with van der Waals surface area (Å²) in [4.78, 5) is 10.5. The molecule has 1 heterocycles. The molecule has 1 fully saturated rings. The van der Waals surface area contributed by atoms with E-state index in [0.717, 1.165) is 0 Å². The quantitative estimate of drug-likeness (QED) is 0.455. The molecule has 1 unspecified atom stereocenters. The number of carbonyl (C=O) groups is 1. The molecule has 1 rings (SSSR count). The summed E-state index contributed by atoms with van der Waals surface area (Å²) in [5.74, 6) is 0. The van der Waals surface area contributed by atoms with Crippen LogP contribution in [0.25, 0.3) is 0 Å². The van der Waals surface area contributed by atoms with Crippen LogP contribution < -0.4 is 0 Å². The minimum absolute atomic E-state index is 0.362. The van der Waals surface area contributed by atoms with Gasteiger partial charge < -0.3 is 14.2 Å². The second-order valence-electron chi connectivity index (χ2n) is 2.06. The van der Waals surface area contributed by atoms with Crippen molar-refractivity contribution in [3.05, 3.63) is 12.7 Å². The van der Waals surface area contributed by atoms with Crippen LogP contribution in [-0.2, 0) is 14.2 Å². The second-order valence-corrected chi connectivity index (χ2v) is 2.06. The molecule has 0 aliphatic carbocycles. The predicted molar refractivity (Wildman–Crippen MR) is 37.0 cm³/mol. The van der Waals surface area contributed by atoms with Crippen molar-refractivity contribution in [3.63, 3.8) is 0 Å². The van der Waals surface area contributed by atoms with Gasteiger partial charge in [-0.15, -0.1) is 6.58 Å². The van der Waals surface area contributed by atoms with Gasteiger partial charge in [-0.3, -0.25) is 0 Å². The van der Waals surface area contributed by atoms with Gasteiger partial charge in [-0.1, -0.05) is 6.08 Å². The van der Waals surface area contributed by atoms with E-state index in [1.165, 1.54) is 0 Å². The van der Waals surface area contributed by atoms with Crippen LogP contribution in [0.15, 0.2) is 12.7 Å². The summed E-state index contributed by atoms with van der Waals surface area (Å²) in [6.45, 7) is 4.22. The van der Waals surface area contributed by atoms with E-state index < -0.39 is 12.4 Å². The minimum Gasteiger partial charge on any atom is -0.434 e. The average Bonchev–Trinajstić information content (AvgIpc) is 2.01. The van der Waals surface area contributed by atoms with Crippen molar-refractivity contribution in [1.82, 2.24) is 0 Å². The van der Waals surface area contributed by atoms with Gasteiger partial charge in [0.25, 0.3) is 0 Å². The van der Waals surface area contributed by atoms with Crippen molar-refractivity contribution in [1.29, 1.82) is 0 Å². The Hall–Kier alpha value is -1.03. The van der Waals surface area contributed by atoms with Gasteiger partial charge in [0.15, 0.2) is 0 Å². The van der Waals surface area contributed by atoms with Crippen LogP contribution >= 0.6 is 0 Å². The van der Waals surface area contributed by atoms with Crippen molar-refractivity contribution < 1.29 is 19.0 Å². The van der Waals surface area contributed by atoms with Gasteiger partial charge in [0.1, 0.15) is 6.61 Å². The molecule has 0 aromatic rings. The number of rotatable bonds is 3. The van der Waals surface area contributed by atoms with Crippen molar-refractivity contribution in [3.8, 4) is 0 Å². The lowest BCUT2D eigenvalue weighted by molar-refractivity contribution is -0.148. The second kappa shape index (κ2) is 3.98. The summed E-state index contributed by atoms with van der Waals surface area (Å²) in [5.41, 5.74) is 0. The van der Waals surface area contributed by atoms with Gasteiger partial charge in [-0.2, -0.15) is 0 Å². The SMILES string of the molecule is C=CCOC1CCOC(=O)O1. The molecule has 1 aliphatic heterocycles. The van der Waals surface area contributed by atoms with Crippen molar-refractivity contribution >= 4 is 6.16 Å². The molecule has 1 saturated heterocycles. The maximum absolute atomic E-state index is 10.5. The van der Waals surface area contributed by atoms with E-state index in [2.05, 4.69) is 16.1 Å². The molecule has 4 heteroatoms. The van der Waals surface area contributed by atoms with Gasteiger partial charge in [-0.25, -0.2) is 4.79 Å². The molecule has 0 radical (unpaired) electrons. The maximum atomic E-state index is 10.5. The molecule has 62 valence electrons. The molecule has 0 aromatic carbocycles. The third-order valence-electron chi connectivity index (χ3n) is 1.20. The molecular weight excluding hydrogens is 148 g/mol. The Morgan fingerprint density at radius 3 is 3.27 bits per heavy atom. The van der Waals surface area contributed by atoms with E-state index in [4.69, 9.17) is 4.74 Å². The number of carbonyl (C=O) groups excluding carboxylic acids is 1. The Balaban J connectivity index is 2.22. The first-order valence-electron chi connectivity index (χ1n) is 3.39. The van der Waals surface area contributed by atoms with Crippen LogP contribution in [0, 0.1) is 0 Å². The zero-order valence-electron chi connectivity index (χ0n) is 6.12. The fraction of sp³-hybridized carbons (Fsp3) is 0.571. The van der Waals surface area contributed by atoms with Gasteiger partial charge in [0.2, 0.25) is 6.29 Å². The lowest BCUT2D eigenvalue weighted by Crippen LogP contribution is -2.29. The first kappa shape index (κ1) is 8.07. The molecular formula is C7H10O4. The Labute approximate surface area is 64.7 Å². The first-order valence-corrected chi connectivity index (χ1v) is 3.39. The maximum Gasteiger partial charge on any atom is 0.510 e. The monoisotopic (exact) mass is 158 g/mol. The van der Waals surface area contributed by atoms with Crippen LogP contribution in [0.5, 0.6) is 0 Å². The number of cyclic esters (lactones) is 2. The topological polar surface area (TPSA) is 44.8 Å². The summed E-state index contributed by atoms with van der Waals surface area (Å²) < 4.78 is 14.2. The summed E-state index contributed by atoms with van der Waals surface area (Å²) in [6.07, 6.45) is 1.06. The number of hydrogen-bond acceptors (Lipinski definition) is 4. The number of ether oxygens (including phenoxy) is 3. The molecule has 0 N–H and O–H groups in total. The largest absolute Gasteiger partial charge is 0.510 e. The molecule has 0 aromatic heterocycles. The highest BCUT2D eigenvalue weighted by Gasteiger charge is 2.21. The van der Waals surface area contributed by atoms with E-state index in [1.807, 2.05) is 0 Å². The Morgan fingerprint density at radius 2 is 2.64 bits per heavy atom. The molecule has 0 bridgehead atoms. The van der Waals surface area contributed by atoms with Gasteiger partial charge in [0, 0.05) is 6.42 Å². The van der Waals surface area contributed by atoms with Crippen molar-refractivity contribution in [2.24, 2.45) is 0 Å². The van der Waals surface area contributed by atoms with E-state index in [1.54, 1.807) is 6.08 Å². The van der Waals surface area contributed by atoms with E-state index in [-0.39, 0.29) is 0 Å². The lowest BCUT2D eigenvalue weighted by Gasteiger charge is -2.21. The summed E-state index contributed by atoms with van der Waals surface area (Å²) >= 11 is 0. The highest BCUT2D eigenvalue weighted by atomic mass is 16.8. The molecule has 0 amide bonds. The van der Waals surface area contributed by atoms with Gasteiger partial charge in [0.05, 0.1) is 6.61 Å². The van der Waals surface area contributed by atoms with E-state index >= 15 is 0 Å². The predicted octanol–water partition coefficient (Wildman–Crippen LogP) is 1.07. The summed E-state index contributed by atoms with van der Waals surface area (Å²) in [5, 5.41) is 0. The van der Waals surface area contributed by atoms with Crippen molar-refractivity contribution in [2.45, 2.75) is 12.7 Å².